The summed E-state index contributed by atoms with van der Waals surface area (Å²) in [6, 6.07) is 2.63. The maximum absolute atomic E-state index is 12.9. The Kier molecular flexibility index (Phi) is 5.04. The van der Waals surface area contributed by atoms with E-state index in [0.717, 1.165) is 76.7 Å². The number of hydrogen-bond acceptors (Lipinski definition) is 6. The van der Waals surface area contributed by atoms with Gasteiger partial charge in [0.05, 0.1) is 19.4 Å². The molecule has 0 N–H and O–H groups in total. The van der Waals surface area contributed by atoms with Crippen molar-refractivity contribution in [1.29, 1.82) is 0 Å². The summed E-state index contributed by atoms with van der Waals surface area (Å²) < 4.78 is 73.2. The van der Waals surface area contributed by atoms with Crippen molar-refractivity contribution >= 4 is 10.0 Å². The summed E-state index contributed by atoms with van der Waals surface area (Å²) >= 11 is 0. The maximum Gasteiger partial charge on any atom is 0.573 e. The van der Waals surface area contributed by atoms with Crippen LogP contribution in [0.4, 0.5) is 13.2 Å². The molecule has 1 atom stereocenters. The van der Waals surface area contributed by atoms with E-state index in [1.807, 2.05) is 0 Å². The first-order valence-electron chi connectivity index (χ1n) is 10.6. The van der Waals surface area contributed by atoms with Crippen molar-refractivity contribution in [3.63, 3.8) is 0 Å². The third kappa shape index (κ3) is 4.05. The fourth-order valence-corrected chi connectivity index (χ4v) is 6.99. The molecule has 1 unspecified atom stereocenters. The largest absolute Gasteiger partial charge is 0.573 e. The molecule has 1 saturated carbocycles. The topological polar surface area (TPSA) is 72.0 Å². The fourth-order valence-electron chi connectivity index (χ4n) is 5.64. The third-order valence-electron chi connectivity index (χ3n) is 7.42. The van der Waals surface area contributed by atoms with Crippen LogP contribution in [0.2, 0.25) is 0 Å². The highest BCUT2D eigenvalue weighted by atomic mass is 32.2. The normalized spacial score (nSPS) is 28.4. The van der Waals surface area contributed by atoms with Crippen molar-refractivity contribution in [2.75, 3.05) is 39.4 Å². The van der Waals surface area contributed by atoms with Crippen molar-refractivity contribution in [3.8, 4) is 5.75 Å². The summed E-state index contributed by atoms with van der Waals surface area (Å²) in [6.45, 7) is 4.82. The minimum Gasteiger partial charge on any atom is -0.404 e. The number of piperidine rings is 1. The predicted octanol–water partition coefficient (Wildman–Crippen LogP) is 2.64. The molecular formula is C20H26F3N3O4S. The van der Waals surface area contributed by atoms with E-state index < -0.39 is 22.1 Å². The molecule has 0 bridgehead atoms. The molecule has 1 aromatic heterocycles. The van der Waals surface area contributed by atoms with Crippen LogP contribution in [0.15, 0.2) is 23.4 Å². The van der Waals surface area contributed by atoms with E-state index in [4.69, 9.17) is 4.74 Å². The van der Waals surface area contributed by atoms with Crippen LogP contribution >= 0.6 is 0 Å². The van der Waals surface area contributed by atoms with E-state index in [0.29, 0.717) is 24.5 Å². The highest BCUT2D eigenvalue weighted by Gasteiger charge is 2.53. The van der Waals surface area contributed by atoms with Crippen molar-refractivity contribution in [3.05, 3.63) is 18.3 Å². The molecule has 1 aliphatic carbocycles. The number of aromatic nitrogens is 1. The molecule has 4 fully saturated rings. The van der Waals surface area contributed by atoms with Crippen LogP contribution < -0.4 is 4.74 Å². The molecule has 1 aromatic rings. The molecular weight excluding hydrogens is 435 g/mol. The maximum atomic E-state index is 12.9. The number of rotatable bonds is 4. The number of hydrogen-bond donors (Lipinski definition) is 0. The average Bonchev–Trinajstić information content (AvgIpc) is 3.02. The summed E-state index contributed by atoms with van der Waals surface area (Å²) in [5.41, 5.74) is 0.592. The number of likely N-dealkylation sites (tertiary alicyclic amines) is 1. The predicted molar refractivity (Wildman–Crippen MR) is 104 cm³/mol. The number of pyridine rings is 1. The molecule has 0 radical (unpaired) electrons. The Morgan fingerprint density at radius 2 is 1.81 bits per heavy atom. The van der Waals surface area contributed by atoms with Crippen LogP contribution in [0.1, 0.15) is 32.1 Å². The van der Waals surface area contributed by atoms with E-state index in [1.54, 1.807) is 0 Å². The van der Waals surface area contributed by atoms with Crippen LogP contribution in [0.25, 0.3) is 0 Å². The standard InChI is InChI=1S/C20H26F3N3O4S/c21-20(22,23)30-16-1-2-17(24-10-16)31(27,28)26-7-5-18(6-8-26)4-3-15(9-18)25-11-19(12-25)13-29-14-19/h1-2,10,15H,3-9,11-14H2. The van der Waals surface area contributed by atoms with Gasteiger partial charge in [-0.1, -0.05) is 0 Å². The Hall–Kier alpha value is -1.43. The van der Waals surface area contributed by atoms with Gasteiger partial charge in [-0.3, -0.25) is 4.90 Å². The van der Waals surface area contributed by atoms with Crippen LogP contribution in [0.3, 0.4) is 0 Å². The molecule has 4 heterocycles. The highest BCUT2D eigenvalue weighted by Crippen LogP contribution is 2.51. The lowest BCUT2D eigenvalue weighted by atomic mass is 9.75. The zero-order valence-electron chi connectivity index (χ0n) is 17.1. The lowest BCUT2D eigenvalue weighted by molar-refractivity contribution is -0.274. The Labute approximate surface area is 179 Å². The number of ether oxygens (including phenoxy) is 2. The average molecular weight is 462 g/mol. The molecule has 0 aromatic carbocycles. The SMILES string of the molecule is O=S(=O)(c1ccc(OC(F)(F)F)cn1)N1CCC2(CCC(N3CC4(COC4)C3)C2)CC1. The Morgan fingerprint density at radius 1 is 1.10 bits per heavy atom. The van der Waals surface area contributed by atoms with E-state index in [9.17, 15) is 21.6 Å². The smallest absolute Gasteiger partial charge is 0.404 e. The molecule has 2 spiro atoms. The van der Waals surface area contributed by atoms with E-state index in [1.165, 1.54) is 4.31 Å². The van der Waals surface area contributed by atoms with Crippen LogP contribution in [0.5, 0.6) is 5.75 Å². The van der Waals surface area contributed by atoms with Crippen LogP contribution in [-0.4, -0.2) is 74.4 Å². The van der Waals surface area contributed by atoms with Gasteiger partial charge in [0.1, 0.15) is 5.75 Å². The molecule has 3 saturated heterocycles. The van der Waals surface area contributed by atoms with Crippen molar-refractivity contribution in [1.82, 2.24) is 14.2 Å². The van der Waals surface area contributed by atoms with Crippen molar-refractivity contribution < 1.29 is 31.1 Å². The molecule has 3 aliphatic heterocycles. The quantitative estimate of drug-likeness (QED) is 0.687. The molecule has 7 nitrogen and oxygen atoms in total. The summed E-state index contributed by atoms with van der Waals surface area (Å²) in [7, 11) is -3.84. The van der Waals surface area contributed by atoms with Gasteiger partial charge in [0.15, 0.2) is 5.03 Å². The second-order valence-electron chi connectivity index (χ2n) is 9.58. The van der Waals surface area contributed by atoms with Gasteiger partial charge < -0.3 is 9.47 Å². The lowest BCUT2D eigenvalue weighted by Gasteiger charge is -2.57. The third-order valence-corrected chi connectivity index (χ3v) is 9.23. The molecule has 31 heavy (non-hydrogen) atoms. The molecule has 11 heteroatoms. The summed E-state index contributed by atoms with van der Waals surface area (Å²) in [4.78, 5) is 6.27. The zero-order chi connectivity index (χ0) is 21.9. The lowest BCUT2D eigenvalue weighted by Crippen LogP contribution is -2.67. The molecule has 5 rings (SSSR count). The minimum absolute atomic E-state index is 0.188. The Balaban J connectivity index is 1.17. The van der Waals surface area contributed by atoms with Gasteiger partial charge in [-0.15, -0.1) is 13.2 Å². The highest BCUT2D eigenvalue weighted by molar-refractivity contribution is 7.89. The molecule has 172 valence electrons. The Morgan fingerprint density at radius 3 is 2.35 bits per heavy atom. The van der Waals surface area contributed by atoms with Gasteiger partial charge in [-0.25, -0.2) is 13.4 Å². The first-order valence-corrected chi connectivity index (χ1v) is 12.1. The first kappa shape index (κ1) is 21.4. The number of halogens is 3. The van der Waals surface area contributed by atoms with Crippen molar-refractivity contribution in [2.45, 2.75) is 49.5 Å². The fraction of sp³-hybridized carbons (Fsp3) is 0.750. The van der Waals surface area contributed by atoms with Gasteiger partial charge in [0, 0.05) is 37.6 Å². The minimum atomic E-state index is -4.84. The second kappa shape index (κ2) is 7.29. The Bertz CT molecular complexity index is 918. The first-order chi connectivity index (χ1) is 14.6. The summed E-state index contributed by atoms with van der Waals surface area (Å²) in [5.74, 6) is -0.540. The monoisotopic (exact) mass is 461 g/mol. The zero-order valence-corrected chi connectivity index (χ0v) is 17.9. The van der Waals surface area contributed by atoms with Gasteiger partial charge >= 0.3 is 6.36 Å². The van der Waals surface area contributed by atoms with Gasteiger partial charge in [-0.2, -0.15) is 4.31 Å². The van der Waals surface area contributed by atoms with E-state index >= 15 is 0 Å². The summed E-state index contributed by atoms with van der Waals surface area (Å²) in [5, 5.41) is -0.254. The second-order valence-corrected chi connectivity index (χ2v) is 11.5. The van der Waals surface area contributed by atoms with E-state index in [-0.39, 0.29) is 10.4 Å². The van der Waals surface area contributed by atoms with E-state index in [2.05, 4.69) is 14.6 Å². The number of sulfonamides is 1. The van der Waals surface area contributed by atoms with Crippen LogP contribution in [0, 0.1) is 10.8 Å². The number of nitrogens with zero attached hydrogens (tertiary/aromatic N) is 3. The molecule has 4 aliphatic rings. The van der Waals surface area contributed by atoms with Gasteiger partial charge in [-0.05, 0) is 49.7 Å². The van der Waals surface area contributed by atoms with Crippen molar-refractivity contribution in [2.24, 2.45) is 10.8 Å². The summed E-state index contributed by atoms with van der Waals surface area (Å²) in [6.07, 6.45) is 0.948. The van der Waals surface area contributed by atoms with Gasteiger partial charge in [0.2, 0.25) is 0 Å². The molecule has 0 amide bonds. The van der Waals surface area contributed by atoms with Gasteiger partial charge in [0.25, 0.3) is 10.0 Å². The van der Waals surface area contributed by atoms with Crippen LogP contribution in [-0.2, 0) is 14.8 Å². The number of alkyl halides is 3.